The Morgan fingerprint density at radius 2 is 1.92 bits per heavy atom. The van der Waals surface area contributed by atoms with Crippen LogP contribution in [0.15, 0.2) is 52.1 Å². The van der Waals surface area contributed by atoms with Crippen LogP contribution < -0.4 is 0 Å². The molecule has 0 unspecified atom stereocenters. The number of carbonyl (C=O) groups excluding carboxylic acids is 2. The minimum atomic E-state index is -0.305. The molecule has 26 heavy (non-hydrogen) atoms. The molecule has 0 saturated carbocycles. The van der Waals surface area contributed by atoms with Crippen molar-refractivity contribution >= 4 is 51.7 Å². The average molecular weight is 402 g/mol. The molecule has 3 aromatic rings. The number of thioether (sulfide) groups is 1. The Hall–Kier alpha value is -2.29. The molecule has 0 spiro atoms. The maximum Gasteiger partial charge on any atom is 0.293 e. The standard InChI is InChI=1S/C18H11FN2O2S3/c19-12-5-3-11(4-6-12)16-20-13(10-25-16)9-21-17(22)15(26-18(21)23)8-14-2-1-7-24-14/h1-8,10H,9H2/b15-8-. The maximum absolute atomic E-state index is 13.0. The summed E-state index contributed by atoms with van der Waals surface area (Å²) in [5.41, 5.74) is 1.43. The smallest absolute Gasteiger partial charge is 0.268 e. The highest BCUT2D eigenvalue weighted by Gasteiger charge is 2.35. The van der Waals surface area contributed by atoms with Gasteiger partial charge in [0.25, 0.3) is 11.1 Å². The topological polar surface area (TPSA) is 50.3 Å². The van der Waals surface area contributed by atoms with E-state index in [9.17, 15) is 14.0 Å². The number of carbonyl (C=O) groups is 2. The fourth-order valence-electron chi connectivity index (χ4n) is 2.41. The van der Waals surface area contributed by atoms with Gasteiger partial charge in [-0.05, 0) is 53.5 Å². The summed E-state index contributed by atoms with van der Waals surface area (Å²) < 4.78 is 13.0. The molecule has 2 amide bonds. The van der Waals surface area contributed by atoms with Crippen LogP contribution in [-0.4, -0.2) is 21.0 Å². The van der Waals surface area contributed by atoms with Gasteiger partial charge in [-0.25, -0.2) is 9.37 Å². The van der Waals surface area contributed by atoms with Crippen molar-refractivity contribution in [3.63, 3.8) is 0 Å². The predicted octanol–water partition coefficient (Wildman–Crippen LogP) is 5.25. The average Bonchev–Trinajstić information content (AvgIpc) is 3.35. The van der Waals surface area contributed by atoms with Crippen LogP contribution in [-0.2, 0) is 11.3 Å². The first-order valence-corrected chi connectivity index (χ1v) is 10.2. The summed E-state index contributed by atoms with van der Waals surface area (Å²) in [6, 6.07) is 9.86. The number of rotatable bonds is 4. The third kappa shape index (κ3) is 3.48. The van der Waals surface area contributed by atoms with Crippen LogP contribution in [0.2, 0.25) is 0 Å². The fourth-order valence-corrected chi connectivity index (χ4v) is 4.78. The van der Waals surface area contributed by atoms with Gasteiger partial charge in [0, 0.05) is 15.8 Å². The summed E-state index contributed by atoms with van der Waals surface area (Å²) in [5.74, 6) is -0.606. The zero-order chi connectivity index (χ0) is 18.1. The lowest BCUT2D eigenvalue weighted by Crippen LogP contribution is -2.27. The molecule has 130 valence electrons. The second-order valence-corrected chi connectivity index (χ2v) is 8.26. The minimum absolute atomic E-state index is 0.129. The molecule has 1 aliphatic heterocycles. The van der Waals surface area contributed by atoms with Crippen molar-refractivity contribution in [1.82, 2.24) is 9.88 Å². The van der Waals surface area contributed by atoms with Crippen LogP contribution in [0.3, 0.4) is 0 Å². The van der Waals surface area contributed by atoms with Gasteiger partial charge in [-0.1, -0.05) is 6.07 Å². The first-order chi connectivity index (χ1) is 12.6. The van der Waals surface area contributed by atoms with Crippen molar-refractivity contribution in [3.8, 4) is 10.6 Å². The molecule has 0 radical (unpaired) electrons. The summed E-state index contributed by atoms with van der Waals surface area (Å²) >= 11 is 3.85. The summed E-state index contributed by atoms with van der Waals surface area (Å²) in [6.07, 6.45) is 1.74. The van der Waals surface area contributed by atoms with Gasteiger partial charge in [0.15, 0.2) is 0 Å². The van der Waals surface area contributed by atoms with E-state index < -0.39 is 0 Å². The molecule has 0 N–H and O–H groups in total. The summed E-state index contributed by atoms with van der Waals surface area (Å²) in [5, 5.41) is 4.16. The molecular formula is C18H11FN2O2S3. The van der Waals surface area contributed by atoms with Gasteiger partial charge in [-0.2, -0.15) is 0 Å². The Labute approximate surface area is 161 Å². The highest BCUT2D eigenvalue weighted by molar-refractivity contribution is 8.18. The zero-order valence-electron chi connectivity index (χ0n) is 13.2. The summed E-state index contributed by atoms with van der Waals surface area (Å²) in [6.45, 7) is 0.129. The van der Waals surface area contributed by atoms with E-state index in [1.807, 2.05) is 22.9 Å². The second kappa shape index (κ2) is 7.14. The molecule has 1 aromatic carbocycles. The largest absolute Gasteiger partial charge is 0.293 e. The molecule has 1 fully saturated rings. The van der Waals surface area contributed by atoms with Gasteiger partial charge < -0.3 is 0 Å². The van der Waals surface area contributed by atoms with Crippen molar-refractivity contribution in [2.45, 2.75) is 6.54 Å². The van der Waals surface area contributed by atoms with E-state index in [1.165, 1.54) is 39.7 Å². The van der Waals surface area contributed by atoms with E-state index in [2.05, 4.69) is 4.98 Å². The van der Waals surface area contributed by atoms with Crippen molar-refractivity contribution in [1.29, 1.82) is 0 Å². The van der Waals surface area contributed by atoms with Gasteiger partial charge in [-0.15, -0.1) is 22.7 Å². The Morgan fingerprint density at radius 3 is 2.65 bits per heavy atom. The molecular weight excluding hydrogens is 391 g/mol. The molecule has 0 atom stereocenters. The molecule has 1 aliphatic rings. The lowest BCUT2D eigenvalue weighted by molar-refractivity contribution is -0.123. The number of imide groups is 1. The number of halogens is 1. The predicted molar refractivity (Wildman–Crippen MR) is 103 cm³/mol. The molecule has 8 heteroatoms. The van der Waals surface area contributed by atoms with E-state index in [1.54, 1.807) is 18.2 Å². The SMILES string of the molecule is O=C1S/C(=C\c2cccs2)C(=O)N1Cc1csc(-c2ccc(F)cc2)n1. The van der Waals surface area contributed by atoms with Crippen molar-refractivity contribution in [3.05, 3.63) is 68.5 Å². The number of thiazole rings is 1. The van der Waals surface area contributed by atoms with Crippen molar-refractivity contribution < 1.29 is 14.0 Å². The van der Waals surface area contributed by atoms with Crippen molar-refractivity contribution in [2.75, 3.05) is 0 Å². The molecule has 2 aromatic heterocycles. The van der Waals surface area contributed by atoms with Gasteiger partial charge in [0.05, 0.1) is 17.1 Å². The number of amides is 2. The number of benzene rings is 1. The normalized spacial score (nSPS) is 16.0. The quantitative estimate of drug-likeness (QED) is 0.560. The Bertz CT molecular complexity index is 994. The summed E-state index contributed by atoms with van der Waals surface area (Å²) in [4.78, 5) is 31.7. The van der Waals surface area contributed by atoms with Crippen molar-refractivity contribution in [2.24, 2.45) is 0 Å². The van der Waals surface area contributed by atoms with E-state index in [0.29, 0.717) is 10.6 Å². The number of aromatic nitrogens is 1. The van der Waals surface area contributed by atoms with Crippen LogP contribution >= 0.6 is 34.4 Å². The fraction of sp³-hybridized carbons (Fsp3) is 0.0556. The van der Waals surface area contributed by atoms with Crippen LogP contribution in [0.4, 0.5) is 9.18 Å². The van der Waals surface area contributed by atoms with Crippen LogP contribution in [0.25, 0.3) is 16.6 Å². The van der Waals surface area contributed by atoms with Crippen LogP contribution in [0, 0.1) is 5.82 Å². The van der Waals surface area contributed by atoms with Crippen LogP contribution in [0.5, 0.6) is 0 Å². The number of thiophene rings is 1. The van der Waals surface area contributed by atoms with Gasteiger partial charge in [-0.3, -0.25) is 14.5 Å². The first-order valence-electron chi connectivity index (χ1n) is 7.59. The highest BCUT2D eigenvalue weighted by atomic mass is 32.2. The lowest BCUT2D eigenvalue weighted by Gasteiger charge is -2.09. The molecule has 0 aliphatic carbocycles. The van der Waals surface area contributed by atoms with Crippen LogP contribution in [0.1, 0.15) is 10.6 Å². The molecule has 0 bridgehead atoms. The Morgan fingerprint density at radius 1 is 1.12 bits per heavy atom. The molecule has 4 nitrogen and oxygen atoms in total. The third-order valence-electron chi connectivity index (χ3n) is 3.65. The van der Waals surface area contributed by atoms with E-state index in [0.717, 1.165) is 27.2 Å². The van der Waals surface area contributed by atoms with Gasteiger partial charge >= 0.3 is 0 Å². The highest BCUT2D eigenvalue weighted by Crippen LogP contribution is 2.34. The monoisotopic (exact) mass is 402 g/mol. The minimum Gasteiger partial charge on any atom is -0.268 e. The zero-order valence-corrected chi connectivity index (χ0v) is 15.7. The second-order valence-electron chi connectivity index (χ2n) is 5.43. The van der Waals surface area contributed by atoms with E-state index in [4.69, 9.17) is 0 Å². The van der Waals surface area contributed by atoms with E-state index >= 15 is 0 Å². The van der Waals surface area contributed by atoms with Gasteiger partial charge in [0.1, 0.15) is 10.8 Å². The van der Waals surface area contributed by atoms with E-state index in [-0.39, 0.29) is 23.5 Å². The molecule has 3 heterocycles. The number of nitrogens with zero attached hydrogens (tertiary/aromatic N) is 2. The lowest BCUT2D eigenvalue weighted by atomic mass is 10.2. The Balaban J connectivity index is 1.51. The summed E-state index contributed by atoms with van der Waals surface area (Å²) in [7, 11) is 0. The Kier molecular flexibility index (Phi) is 4.71. The maximum atomic E-state index is 13.0. The first kappa shape index (κ1) is 17.1. The molecule has 4 rings (SSSR count). The van der Waals surface area contributed by atoms with Gasteiger partial charge in [0.2, 0.25) is 0 Å². The molecule has 1 saturated heterocycles. The number of hydrogen-bond donors (Lipinski definition) is 0. The third-order valence-corrected chi connectivity index (χ3v) is 6.32. The number of hydrogen-bond acceptors (Lipinski definition) is 6.